The largest absolute Gasteiger partial charge is 0.468 e. The molecule has 36 heavy (non-hydrogen) atoms. The first-order chi connectivity index (χ1) is 17.1. The molecule has 0 fully saturated rings. The van der Waals surface area contributed by atoms with E-state index >= 15 is 0 Å². The molecule has 0 aromatic heterocycles. The van der Waals surface area contributed by atoms with Crippen molar-refractivity contribution in [2.24, 2.45) is 11.8 Å². The molecule has 0 aliphatic heterocycles. The fourth-order valence-electron chi connectivity index (χ4n) is 4.23. The highest BCUT2D eigenvalue weighted by Gasteiger charge is 2.35. The van der Waals surface area contributed by atoms with E-state index in [-0.39, 0.29) is 17.7 Å². The summed E-state index contributed by atoms with van der Waals surface area (Å²) in [5.41, 5.74) is 2.63. The van der Waals surface area contributed by atoms with Gasteiger partial charge in [-0.2, -0.15) is 0 Å². The topological polar surface area (TPSA) is 84.9 Å². The molecule has 0 aliphatic carbocycles. The Morgan fingerprint density at radius 3 is 1.72 bits per heavy atom. The van der Waals surface area contributed by atoms with Crippen molar-refractivity contribution in [2.75, 3.05) is 19.1 Å². The lowest BCUT2D eigenvalue weighted by atomic mass is 9.97. The summed E-state index contributed by atoms with van der Waals surface area (Å²) in [6.07, 6.45) is 1.00. The molecule has 7 heteroatoms. The number of anilines is 1. The minimum Gasteiger partial charge on any atom is -0.468 e. The Labute approximate surface area is 215 Å². The van der Waals surface area contributed by atoms with Crippen LogP contribution >= 0.6 is 0 Å². The van der Waals surface area contributed by atoms with E-state index < -0.39 is 30.1 Å². The van der Waals surface area contributed by atoms with E-state index in [1.165, 1.54) is 19.1 Å². The van der Waals surface area contributed by atoms with Crippen molar-refractivity contribution < 1.29 is 23.9 Å². The molecule has 0 unspecified atom stereocenters. The second kappa shape index (κ2) is 13.8. The van der Waals surface area contributed by atoms with E-state index in [1.54, 1.807) is 6.92 Å². The van der Waals surface area contributed by atoms with Crippen LogP contribution in [0.4, 0.5) is 5.69 Å². The molecule has 0 aliphatic rings. The van der Waals surface area contributed by atoms with Crippen molar-refractivity contribution in [3.05, 3.63) is 54.6 Å². The van der Waals surface area contributed by atoms with Crippen LogP contribution in [-0.4, -0.2) is 50.2 Å². The molecular formula is C29H40N2O5. The zero-order chi connectivity index (χ0) is 26.8. The van der Waals surface area contributed by atoms with Gasteiger partial charge in [-0.1, -0.05) is 70.2 Å². The fraction of sp³-hybridized carbons (Fsp3) is 0.483. The van der Waals surface area contributed by atoms with Gasteiger partial charge in [0, 0.05) is 5.69 Å². The van der Waals surface area contributed by atoms with Crippen molar-refractivity contribution in [1.82, 2.24) is 5.32 Å². The molecule has 1 N–H and O–H groups in total. The maximum atomic E-state index is 14.0. The average molecular weight is 497 g/mol. The van der Waals surface area contributed by atoms with Crippen LogP contribution in [0.5, 0.6) is 0 Å². The smallest absolute Gasteiger partial charge is 0.328 e. The van der Waals surface area contributed by atoms with Crippen molar-refractivity contribution in [1.29, 1.82) is 0 Å². The molecule has 2 aromatic rings. The highest BCUT2D eigenvalue weighted by Crippen LogP contribution is 2.26. The Morgan fingerprint density at radius 1 is 0.722 bits per heavy atom. The molecule has 1 amide bonds. The molecular weight excluding hydrogens is 456 g/mol. The predicted octanol–water partition coefficient (Wildman–Crippen LogP) is 4.84. The van der Waals surface area contributed by atoms with Crippen LogP contribution in [0.2, 0.25) is 0 Å². The van der Waals surface area contributed by atoms with Gasteiger partial charge in [-0.25, -0.2) is 4.79 Å². The Hall–Kier alpha value is -3.19. The number of hydrogen-bond donors (Lipinski definition) is 1. The molecule has 0 bridgehead atoms. The SMILES string of the molecule is COC(=O)[C@H](CC(C)C)N[C@@H](CC(C)C)C(=O)N(c1ccc(-c2ccccc2)cc1)[C@@H](C)C(=O)OC. The minimum atomic E-state index is -0.858. The van der Waals surface area contributed by atoms with Gasteiger partial charge in [0.05, 0.1) is 20.3 Å². The number of ether oxygens (including phenoxy) is 2. The van der Waals surface area contributed by atoms with Crippen LogP contribution in [0.15, 0.2) is 54.6 Å². The van der Waals surface area contributed by atoms with Crippen LogP contribution < -0.4 is 10.2 Å². The number of hydrogen-bond acceptors (Lipinski definition) is 6. The van der Waals surface area contributed by atoms with Crippen molar-refractivity contribution in [3.8, 4) is 11.1 Å². The third-order valence-corrected chi connectivity index (χ3v) is 6.02. The number of nitrogens with zero attached hydrogens (tertiary/aromatic N) is 1. The molecule has 0 radical (unpaired) electrons. The highest BCUT2D eigenvalue weighted by molar-refractivity contribution is 6.02. The lowest BCUT2D eigenvalue weighted by molar-refractivity contribution is -0.145. The number of carbonyl (C=O) groups excluding carboxylic acids is 3. The van der Waals surface area contributed by atoms with Gasteiger partial charge in [0.15, 0.2) is 0 Å². The molecule has 196 valence electrons. The summed E-state index contributed by atoms with van der Waals surface area (Å²) in [5, 5.41) is 3.25. The van der Waals surface area contributed by atoms with Gasteiger partial charge in [-0.05, 0) is 54.9 Å². The Morgan fingerprint density at radius 2 is 1.22 bits per heavy atom. The summed E-state index contributed by atoms with van der Waals surface area (Å²) in [5.74, 6) is -0.853. The molecule has 0 saturated carbocycles. The first kappa shape index (κ1) is 29.0. The monoisotopic (exact) mass is 496 g/mol. The lowest BCUT2D eigenvalue weighted by Gasteiger charge is -2.33. The van der Waals surface area contributed by atoms with Gasteiger partial charge < -0.3 is 9.47 Å². The second-order valence-corrected chi connectivity index (χ2v) is 9.87. The minimum absolute atomic E-state index is 0.166. The zero-order valence-corrected chi connectivity index (χ0v) is 22.5. The molecule has 0 saturated heterocycles. The molecule has 0 heterocycles. The zero-order valence-electron chi connectivity index (χ0n) is 22.5. The molecule has 3 atom stereocenters. The number of rotatable bonds is 12. The first-order valence-electron chi connectivity index (χ1n) is 12.5. The van der Waals surface area contributed by atoms with E-state index in [2.05, 4.69) is 5.32 Å². The first-order valence-corrected chi connectivity index (χ1v) is 12.5. The fourth-order valence-corrected chi connectivity index (χ4v) is 4.23. The van der Waals surface area contributed by atoms with Gasteiger partial charge in [0.25, 0.3) is 0 Å². The van der Waals surface area contributed by atoms with Crippen LogP contribution in [0.25, 0.3) is 11.1 Å². The Kier molecular flexibility index (Phi) is 11.1. The number of methoxy groups -OCH3 is 2. The van der Waals surface area contributed by atoms with Crippen LogP contribution in [0.3, 0.4) is 0 Å². The van der Waals surface area contributed by atoms with Crippen LogP contribution in [0, 0.1) is 11.8 Å². The van der Waals surface area contributed by atoms with E-state index in [9.17, 15) is 14.4 Å². The maximum Gasteiger partial charge on any atom is 0.328 e. The summed E-state index contributed by atoms with van der Waals surface area (Å²) in [6, 6.07) is 15.2. The number of nitrogens with one attached hydrogen (secondary N) is 1. The predicted molar refractivity (Wildman–Crippen MR) is 142 cm³/mol. The van der Waals surface area contributed by atoms with Gasteiger partial charge in [0.2, 0.25) is 5.91 Å². The molecule has 2 aromatic carbocycles. The lowest BCUT2D eigenvalue weighted by Crippen LogP contribution is -2.56. The number of amides is 1. The third kappa shape index (κ3) is 7.92. The molecule has 2 rings (SSSR count). The maximum absolute atomic E-state index is 14.0. The number of benzene rings is 2. The Balaban J connectivity index is 2.46. The standard InChI is InChI=1S/C29H40N2O5/c1-19(2)17-25(30-26(18-20(3)4)29(34)36-7)27(32)31(21(5)28(33)35-6)24-15-13-23(14-16-24)22-11-9-8-10-12-22/h8-16,19-21,25-26,30H,17-18H2,1-7H3/t21-,25-,26-/m0/s1. The van der Waals surface area contributed by atoms with E-state index in [0.29, 0.717) is 18.5 Å². The van der Waals surface area contributed by atoms with Gasteiger partial charge in [0.1, 0.15) is 12.1 Å². The summed E-state index contributed by atoms with van der Waals surface area (Å²) in [4.78, 5) is 40.6. The summed E-state index contributed by atoms with van der Waals surface area (Å²) < 4.78 is 9.98. The molecule has 0 spiro atoms. The quantitative estimate of drug-likeness (QED) is 0.423. The van der Waals surface area contributed by atoms with Gasteiger partial charge in [-0.3, -0.25) is 19.8 Å². The van der Waals surface area contributed by atoms with Gasteiger partial charge in [-0.15, -0.1) is 0 Å². The number of carbonyl (C=O) groups is 3. The summed E-state index contributed by atoms with van der Waals surface area (Å²) in [7, 11) is 2.65. The highest BCUT2D eigenvalue weighted by atomic mass is 16.5. The number of esters is 2. The normalized spacial score (nSPS) is 13.7. The second-order valence-electron chi connectivity index (χ2n) is 9.87. The third-order valence-electron chi connectivity index (χ3n) is 6.02. The summed E-state index contributed by atoms with van der Waals surface area (Å²) >= 11 is 0. The molecule has 7 nitrogen and oxygen atoms in total. The van der Waals surface area contributed by atoms with Crippen LogP contribution in [-0.2, 0) is 23.9 Å². The van der Waals surface area contributed by atoms with Crippen LogP contribution in [0.1, 0.15) is 47.5 Å². The van der Waals surface area contributed by atoms with E-state index in [4.69, 9.17) is 9.47 Å². The summed E-state index contributed by atoms with van der Waals surface area (Å²) in [6.45, 7) is 9.70. The van der Waals surface area contributed by atoms with E-state index in [0.717, 1.165) is 11.1 Å². The average Bonchev–Trinajstić information content (AvgIpc) is 2.87. The van der Waals surface area contributed by atoms with Gasteiger partial charge >= 0.3 is 11.9 Å². The van der Waals surface area contributed by atoms with E-state index in [1.807, 2.05) is 82.3 Å². The van der Waals surface area contributed by atoms with Crippen molar-refractivity contribution in [2.45, 2.75) is 65.6 Å². The Bertz CT molecular complexity index is 988. The van der Waals surface area contributed by atoms with Crippen molar-refractivity contribution >= 4 is 23.5 Å². The van der Waals surface area contributed by atoms with Crippen molar-refractivity contribution in [3.63, 3.8) is 0 Å².